The minimum atomic E-state index is 0.416. The van der Waals surface area contributed by atoms with Gasteiger partial charge in [0.1, 0.15) is 0 Å². The number of nitrogens with zero attached hydrogens (tertiary/aromatic N) is 2. The van der Waals surface area contributed by atoms with Gasteiger partial charge in [-0.2, -0.15) is 12.6 Å². The van der Waals surface area contributed by atoms with Crippen molar-refractivity contribution in [2.75, 3.05) is 18.8 Å². The molecule has 2 nitrogen and oxygen atoms in total. The van der Waals surface area contributed by atoms with Crippen molar-refractivity contribution in [2.24, 2.45) is 5.41 Å². The number of hydrogen-bond donors (Lipinski definition) is 1. The van der Waals surface area contributed by atoms with Crippen LogP contribution in [0.15, 0.2) is 18.2 Å². The zero-order valence-electron chi connectivity index (χ0n) is 13.6. The molecule has 0 atom stereocenters. The highest BCUT2D eigenvalue weighted by Gasteiger charge is 2.31. The van der Waals surface area contributed by atoms with E-state index in [2.05, 4.69) is 41.9 Å². The summed E-state index contributed by atoms with van der Waals surface area (Å²) in [6.07, 6.45) is 8.24. The molecule has 1 aromatic heterocycles. The van der Waals surface area contributed by atoms with Crippen LogP contribution in [0, 0.1) is 12.3 Å². The van der Waals surface area contributed by atoms with E-state index in [9.17, 15) is 0 Å². The van der Waals surface area contributed by atoms with Gasteiger partial charge in [0.15, 0.2) is 0 Å². The number of pyridine rings is 1. The molecule has 1 aliphatic carbocycles. The SMILES string of the molecule is CCN(Cc1cccc(C)n1)CC1(CS)CCCCCC1. The van der Waals surface area contributed by atoms with Gasteiger partial charge >= 0.3 is 0 Å². The summed E-state index contributed by atoms with van der Waals surface area (Å²) in [5.41, 5.74) is 2.72. The molecule has 3 heteroatoms. The van der Waals surface area contributed by atoms with Crippen LogP contribution in [0.3, 0.4) is 0 Å². The average Bonchev–Trinajstić information content (AvgIpc) is 2.73. The summed E-state index contributed by atoms with van der Waals surface area (Å²) in [4.78, 5) is 7.22. The normalized spacial score (nSPS) is 18.7. The molecule has 0 N–H and O–H groups in total. The van der Waals surface area contributed by atoms with Crippen LogP contribution in [-0.2, 0) is 6.54 Å². The fraction of sp³-hybridized carbons (Fsp3) is 0.722. The molecule has 0 spiro atoms. The maximum Gasteiger partial charge on any atom is 0.0547 e. The van der Waals surface area contributed by atoms with Crippen molar-refractivity contribution in [3.63, 3.8) is 0 Å². The Balaban J connectivity index is 2.02. The third kappa shape index (κ3) is 5.00. The van der Waals surface area contributed by atoms with Gasteiger partial charge in [-0.3, -0.25) is 9.88 Å². The summed E-state index contributed by atoms with van der Waals surface area (Å²) in [5, 5.41) is 0. The third-order valence-electron chi connectivity index (χ3n) is 4.84. The molecule has 2 rings (SSSR count). The van der Waals surface area contributed by atoms with Crippen LogP contribution in [0.25, 0.3) is 0 Å². The molecule has 1 aromatic rings. The van der Waals surface area contributed by atoms with Gasteiger partial charge in [0.25, 0.3) is 0 Å². The van der Waals surface area contributed by atoms with E-state index in [1.54, 1.807) is 0 Å². The lowest BCUT2D eigenvalue weighted by Gasteiger charge is -2.36. The van der Waals surface area contributed by atoms with Gasteiger partial charge < -0.3 is 0 Å². The molecule has 1 saturated carbocycles. The first-order valence-electron chi connectivity index (χ1n) is 8.43. The van der Waals surface area contributed by atoms with Crippen molar-refractivity contribution in [1.29, 1.82) is 0 Å². The molecule has 1 heterocycles. The Hall–Kier alpha value is -0.540. The Morgan fingerprint density at radius 3 is 2.48 bits per heavy atom. The van der Waals surface area contributed by atoms with Gasteiger partial charge in [0.05, 0.1) is 5.69 Å². The lowest BCUT2D eigenvalue weighted by Crippen LogP contribution is -2.38. The minimum Gasteiger partial charge on any atom is -0.297 e. The predicted molar refractivity (Wildman–Crippen MR) is 93.9 cm³/mol. The van der Waals surface area contributed by atoms with Gasteiger partial charge in [-0.15, -0.1) is 0 Å². The Morgan fingerprint density at radius 1 is 1.19 bits per heavy atom. The van der Waals surface area contributed by atoms with E-state index >= 15 is 0 Å². The first kappa shape index (κ1) is 16.8. The van der Waals surface area contributed by atoms with Crippen LogP contribution in [0.1, 0.15) is 56.8 Å². The summed E-state index contributed by atoms with van der Waals surface area (Å²) in [6.45, 7) is 7.56. The van der Waals surface area contributed by atoms with Crippen LogP contribution in [0.4, 0.5) is 0 Å². The predicted octanol–water partition coefficient (Wildman–Crippen LogP) is 4.48. The van der Waals surface area contributed by atoms with E-state index in [0.29, 0.717) is 5.41 Å². The van der Waals surface area contributed by atoms with Crippen molar-refractivity contribution in [3.05, 3.63) is 29.6 Å². The quantitative estimate of drug-likeness (QED) is 0.616. The molecule has 21 heavy (non-hydrogen) atoms. The summed E-state index contributed by atoms with van der Waals surface area (Å²) in [7, 11) is 0. The fourth-order valence-electron chi connectivity index (χ4n) is 3.52. The molecule has 0 unspecified atom stereocenters. The molecule has 0 bridgehead atoms. The molecule has 118 valence electrons. The minimum absolute atomic E-state index is 0.416. The Morgan fingerprint density at radius 2 is 1.90 bits per heavy atom. The Bertz CT molecular complexity index is 425. The smallest absolute Gasteiger partial charge is 0.0547 e. The molecule has 0 amide bonds. The van der Waals surface area contributed by atoms with E-state index in [1.165, 1.54) is 50.8 Å². The molecule has 1 aliphatic rings. The van der Waals surface area contributed by atoms with Crippen LogP contribution < -0.4 is 0 Å². The van der Waals surface area contributed by atoms with Crippen molar-refractivity contribution >= 4 is 12.6 Å². The standard InChI is InChI=1S/C18H30N2S/c1-3-20(13-17-10-8-9-16(2)19-17)14-18(15-21)11-6-4-5-7-12-18/h8-10,21H,3-7,11-15H2,1-2H3. The molecular weight excluding hydrogens is 276 g/mol. The number of hydrogen-bond acceptors (Lipinski definition) is 3. The lowest BCUT2D eigenvalue weighted by molar-refractivity contribution is 0.149. The maximum absolute atomic E-state index is 4.71. The van der Waals surface area contributed by atoms with Crippen LogP contribution in [0.5, 0.6) is 0 Å². The highest BCUT2D eigenvalue weighted by atomic mass is 32.1. The summed E-state index contributed by atoms with van der Waals surface area (Å²) >= 11 is 4.71. The number of thiol groups is 1. The van der Waals surface area contributed by atoms with Gasteiger partial charge in [0, 0.05) is 18.8 Å². The summed E-state index contributed by atoms with van der Waals surface area (Å²) in [6, 6.07) is 6.34. The molecule has 0 aliphatic heterocycles. The molecular formula is C18H30N2S. The van der Waals surface area contributed by atoms with Crippen molar-refractivity contribution < 1.29 is 0 Å². The van der Waals surface area contributed by atoms with Crippen LogP contribution >= 0.6 is 12.6 Å². The van der Waals surface area contributed by atoms with Gasteiger partial charge in [-0.05, 0) is 49.6 Å². The average molecular weight is 307 g/mol. The van der Waals surface area contributed by atoms with Crippen molar-refractivity contribution in [1.82, 2.24) is 9.88 Å². The second-order valence-electron chi connectivity index (χ2n) is 6.65. The van der Waals surface area contributed by atoms with E-state index in [4.69, 9.17) is 12.6 Å². The zero-order valence-corrected chi connectivity index (χ0v) is 14.5. The highest BCUT2D eigenvalue weighted by Crippen LogP contribution is 2.37. The molecule has 0 radical (unpaired) electrons. The van der Waals surface area contributed by atoms with Crippen LogP contribution in [0.2, 0.25) is 0 Å². The van der Waals surface area contributed by atoms with Gasteiger partial charge in [-0.25, -0.2) is 0 Å². The van der Waals surface area contributed by atoms with E-state index < -0.39 is 0 Å². The highest BCUT2D eigenvalue weighted by molar-refractivity contribution is 7.80. The van der Waals surface area contributed by atoms with Crippen LogP contribution in [-0.4, -0.2) is 28.7 Å². The topological polar surface area (TPSA) is 16.1 Å². The zero-order chi connectivity index (χ0) is 15.1. The van der Waals surface area contributed by atoms with E-state index in [0.717, 1.165) is 24.5 Å². The van der Waals surface area contributed by atoms with Crippen molar-refractivity contribution in [3.8, 4) is 0 Å². The largest absolute Gasteiger partial charge is 0.297 e. The number of aromatic nitrogens is 1. The Labute approximate surface area is 135 Å². The first-order valence-corrected chi connectivity index (χ1v) is 9.06. The summed E-state index contributed by atoms with van der Waals surface area (Å²) < 4.78 is 0. The maximum atomic E-state index is 4.71. The monoisotopic (exact) mass is 306 g/mol. The number of aryl methyl sites for hydroxylation is 1. The lowest BCUT2D eigenvalue weighted by atomic mass is 9.81. The number of rotatable bonds is 6. The molecule has 1 fully saturated rings. The molecule has 0 aromatic carbocycles. The molecule has 0 saturated heterocycles. The second-order valence-corrected chi connectivity index (χ2v) is 6.96. The van der Waals surface area contributed by atoms with Gasteiger partial charge in [0.2, 0.25) is 0 Å². The van der Waals surface area contributed by atoms with E-state index in [-0.39, 0.29) is 0 Å². The van der Waals surface area contributed by atoms with Gasteiger partial charge in [-0.1, -0.05) is 38.7 Å². The van der Waals surface area contributed by atoms with Crippen molar-refractivity contribution in [2.45, 2.75) is 58.9 Å². The first-order chi connectivity index (χ1) is 10.2. The summed E-state index contributed by atoms with van der Waals surface area (Å²) in [5.74, 6) is 1.02. The Kier molecular flexibility index (Phi) is 6.56. The van der Waals surface area contributed by atoms with E-state index in [1.807, 2.05) is 0 Å². The third-order valence-corrected chi connectivity index (χ3v) is 5.51. The fourth-order valence-corrected chi connectivity index (χ4v) is 3.93. The second kappa shape index (κ2) is 8.19.